The van der Waals surface area contributed by atoms with Crippen LogP contribution >= 0.6 is 0 Å². The molecule has 0 atom stereocenters. The standard InChI is InChI=1S/C20H18N4O5/c1-23-18(26)16(15(25)12-29-19(27)14-9-5-6-10-22-14)17(21)24(20(23)28)11-13-7-3-2-4-8-13/h2-10H,11-12,21H2,1H3. The average Bonchev–Trinajstić information content (AvgIpc) is 2.75. The highest BCUT2D eigenvalue weighted by Gasteiger charge is 2.23. The molecule has 2 heterocycles. The monoisotopic (exact) mass is 394 g/mol. The van der Waals surface area contributed by atoms with Gasteiger partial charge in [0.05, 0.1) is 6.54 Å². The third kappa shape index (κ3) is 4.13. The maximum atomic E-state index is 12.6. The molecule has 0 unspecified atom stereocenters. The van der Waals surface area contributed by atoms with Crippen LogP contribution in [0.5, 0.6) is 0 Å². The molecule has 1 aromatic carbocycles. The number of Topliss-reactive ketones (excluding diaryl/α,β-unsaturated/α-hetero) is 1. The van der Waals surface area contributed by atoms with Gasteiger partial charge in [0.25, 0.3) is 5.56 Å². The smallest absolute Gasteiger partial charge is 0.357 e. The molecule has 2 aromatic heterocycles. The number of esters is 1. The summed E-state index contributed by atoms with van der Waals surface area (Å²) in [5.41, 5.74) is 4.87. The molecular weight excluding hydrogens is 376 g/mol. The quantitative estimate of drug-likeness (QED) is 0.479. The molecule has 0 spiro atoms. The second-order valence-corrected chi connectivity index (χ2v) is 6.19. The van der Waals surface area contributed by atoms with E-state index in [0.29, 0.717) is 0 Å². The van der Waals surface area contributed by atoms with Crippen LogP contribution in [0.1, 0.15) is 26.4 Å². The maximum absolute atomic E-state index is 12.6. The Morgan fingerprint density at radius 2 is 1.76 bits per heavy atom. The van der Waals surface area contributed by atoms with Crippen LogP contribution in [0.4, 0.5) is 5.82 Å². The fourth-order valence-electron chi connectivity index (χ4n) is 2.72. The van der Waals surface area contributed by atoms with Gasteiger partial charge in [-0.2, -0.15) is 0 Å². The van der Waals surface area contributed by atoms with Crippen molar-refractivity contribution in [2.75, 3.05) is 12.3 Å². The first-order chi connectivity index (χ1) is 13.9. The Labute approximate surface area is 165 Å². The molecule has 0 aliphatic heterocycles. The van der Waals surface area contributed by atoms with Crippen LogP contribution in [0, 0.1) is 0 Å². The molecule has 0 amide bonds. The summed E-state index contributed by atoms with van der Waals surface area (Å²) in [6.45, 7) is -0.633. The largest absolute Gasteiger partial charge is 0.453 e. The van der Waals surface area contributed by atoms with Gasteiger partial charge in [-0.1, -0.05) is 36.4 Å². The van der Waals surface area contributed by atoms with Crippen molar-refractivity contribution in [3.05, 3.63) is 92.4 Å². The van der Waals surface area contributed by atoms with Gasteiger partial charge in [-0.3, -0.25) is 18.7 Å². The van der Waals surface area contributed by atoms with Crippen LogP contribution in [-0.4, -0.2) is 32.5 Å². The van der Waals surface area contributed by atoms with Crippen molar-refractivity contribution in [2.24, 2.45) is 7.05 Å². The Balaban J connectivity index is 1.90. The lowest BCUT2D eigenvalue weighted by Gasteiger charge is -2.14. The number of carbonyl (C=O) groups is 2. The molecule has 29 heavy (non-hydrogen) atoms. The predicted octanol–water partition coefficient (Wildman–Crippen LogP) is 0.612. The van der Waals surface area contributed by atoms with Gasteiger partial charge in [-0.25, -0.2) is 14.6 Å². The van der Waals surface area contributed by atoms with E-state index in [1.165, 1.54) is 19.3 Å². The summed E-state index contributed by atoms with van der Waals surface area (Å²) in [6, 6.07) is 13.6. The molecule has 3 aromatic rings. The number of nitrogens with zero attached hydrogens (tertiary/aromatic N) is 3. The number of hydrogen-bond acceptors (Lipinski definition) is 7. The minimum Gasteiger partial charge on any atom is -0.453 e. The molecule has 3 rings (SSSR count). The van der Waals surface area contributed by atoms with Gasteiger partial charge in [0, 0.05) is 13.2 Å². The lowest BCUT2D eigenvalue weighted by Crippen LogP contribution is -2.43. The number of nitrogen functional groups attached to an aromatic ring is 1. The van der Waals surface area contributed by atoms with Crippen LogP contribution in [0.2, 0.25) is 0 Å². The van der Waals surface area contributed by atoms with E-state index < -0.39 is 35.2 Å². The van der Waals surface area contributed by atoms with Gasteiger partial charge in [-0.15, -0.1) is 0 Å². The zero-order valence-corrected chi connectivity index (χ0v) is 15.6. The summed E-state index contributed by atoms with van der Waals surface area (Å²) in [5, 5.41) is 0. The van der Waals surface area contributed by atoms with Gasteiger partial charge >= 0.3 is 11.7 Å². The minimum absolute atomic E-state index is 0.0234. The Morgan fingerprint density at radius 3 is 2.41 bits per heavy atom. The van der Waals surface area contributed by atoms with Crippen LogP contribution < -0.4 is 17.0 Å². The van der Waals surface area contributed by atoms with Gasteiger partial charge in [-0.05, 0) is 17.7 Å². The molecule has 0 radical (unpaired) electrons. The Hall–Kier alpha value is -4.01. The number of anilines is 1. The summed E-state index contributed by atoms with van der Waals surface area (Å²) in [5.74, 6) is -1.90. The van der Waals surface area contributed by atoms with E-state index in [4.69, 9.17) is 10.5 Å². The zero-order chi connectivity index (χ0) is 21.0. The average molecular weight is 394 g/mol. The van der Waals surface area contributed by atoms with E-state index in [9.17, 15) is 19.2 Å². The van der Waals surface area contributed by atoms with Crippen LogP contribution in [0.15, 0.2) is 64.3 Å². The first kappa shape index (κ1) is 19.7. The second-order valence-electron chi connectivity index (χ2n) is 6.19. The van der Waals surface area contributed by atoms with Crippen LogP contribution in [-0.2, 0) is 18.3 Å². The first-order valence-corrected chi connectivity index (χ1v) is 8.64. The molecule has 0 aliphatic rings. The summed E-state index contributed by atoms with van der Waals surface area (Å²) in [7, 11) is 1.25. The number of hydrogen-bond donors (Lipinski definition) is 1. The zero-order valence-electron chi connectivity index (χ0n) is 15.6. The molecular formula is C20H18N4O5. The first-order valence-electron chi connectivity index (χ1n) is 8.64. The summed E-state index contributed by atoms with van der Waals surface area (Å²) < 4.78 is 6.87. The van der Waals surface area contributed by atoms with Crippen LogP contribution in [0.25, 0.3) is 0 Å². The SMILES string of the molecule is Cn1c(=O)c(C(=O)COC(=O)c2ccccn2)c(N)n(Cc2ccccc2)c1=O. The third-order valence-corrected chi connectivity index (χ3v) is 4.25. The summed E-state index contributed by atoms with van der Waals surface area (Å²) in [4.78, 5) is 53.3. The Bertz CT molecular complexity index is 1170. The molecule has 9 heteroatoms. The minimum atomic E-state index is -0.851. The molecule has 0 bridgehead atoms. The Kier molecular flexibility index (Phi) is 5.68. The molecule has 9 nitrogen and oxygen atoms in total. The highest BCUT2D eigenvalue weighted by atomic mass is 16.5. The van der Waals surface area contributed by atoms with E-state index in [-0.39, 0.29) is 18.1 Å². The van der Waals surface area contributed by atoms with Crippen molar-refractivity contribution in [2.45, 2.75) is 6.54 Å². The highest BCUT2D eigenvalue weighted by Crippen LogP contribution is 2.10. The van der Waals surface area contributed by atoms with Crippen molar-refractivity contribution in [3.8, 4) is 0 Å². The highest BCUT2D eigenvalue weighted by molar-refractivity contribution is 6.02. The molecule has 148 valence electrons. The number of benzene rings is 1. The van der Waals surface area contributed by atoms with E-state index in [0.717, 1.165) is 14.7 Å². The second kappa shape index (κ2) is 8.34. The molecule has 2 N–H and O–H groups in total. The predicted molar refractivity (Wildman–Crippen MR) is 105 cm³/mol. The van der Waals surface area contributed by atoms with E-state index in [1.54, 1.807) is 36.4 Å². The van der Waals surface area contributed by atoms with E-state index in [1.807, 2.05) is 6.07 Å². The topological polar surface area (TPSA) is 126 Å². The van der Waals surface area contributed by atoms with E-state index >= 15 is 0 Å². The molecule has 0 saturated heterocycles. The van der Waals surface area contributed by atoms with Crippen molar-refractivity contribution in [1.82, 2.24) is 14.1 Å². The normalized spacial score (nSPS) is 10.5. The van der Waals surface area contributed by atoms with Gasteiger partial charge in [0.1, 0.15) is 17.1 Å². The Morgan fingerprint density at radius 1 is 1.07 bits per heavy atom. The summed E-state index contributed by atoms with van der Waals surface area (Å²) >= 11 is 0. The number of pyridine rings is 1. The molecule has 0 aliphatic carbocycles. The number of ketones is 1. The van der Waals surface area contributed by atoms with Gasteiger partial charge in [0.2, 0.25) is 5.78 Å². The maximum Gasteiger partial charge on any atom is 0.357 e. The number of carbonyl (C=O) groups excluding carboxylic acids is 2. The number of rotatable bonds is 6. The number of nitrogens with two attached hydrogens (primary N) is 1. The number of aromatic nitrogens is 3. The van der Waals surface area contributed by atoms with Crippen molar-refractivity contribution in [1.29, 1.82) is 0 Å². The lowest BCUT2D eigenvalue weighted by molar-refractivity contribution is 0.0468. The fourth-order valence-corrected chi connectivity index (χ4v) is 2.72. The molecule has 0 saturated carbocycles. The van der Waals surface area contributed by atoms with Crippen molar-refractivity contribution < 1.29 is 14.3 Å². The van der Waals surface area contributed by atoms with Crippen molar-refractivity contribution in [3.63, 3.8) is 0 Å². The fraction of sp³-hybridized carbons (Fsp3) is 0.150. The molecule has 0 fully saturated rings. The van der Waals surface area contributed by atoms with Gasteiger partial charge < -0.3 is 10.5 Å². The third-order valence-electron chi connectivity index (χ3n) is 4.25. The van der Waals surface area contributed by atoms with Crippen molar-refractivity contribution >= 4 is 17.6 Å². The van der Waals surface area contributed by atoms with Crippen LogP contribution in [0.3, 0.4) is 0 Å². The summed E-state index contributed by atoms with van der Waals surface area (Å²) in [6.07, 6.45) is 1.41. The number of ether oxygens (including phenoxy) is 1. The lowest BCUT2D eigenvalue weighted by atomic mass is 10.2. The van der Waals surface area contributed by atoms with Gasteiger partial charge in [0.15, 0.2) is 6.61 Å². The van der Waals surface area contributed by atoms with E-state index in [2.05, 4.69) is 4.98 Å².